The summed E-state index contributed by atoms with van der Waals surface area (Å²) in [4.78, 5) is 12.8. The van der Waals surface area contributed by atoms with Crippen LogP contribution in [0.15, 0.2) is 113 Å². The van der Waals surface area contributed by atoms with E-state index in [1.54, 1.807) is 42.5 Å². The van der Waals surface area contributed by atoms with E-state index in [9.17, 15) is 13.2 Å². The highest BCUT2D eigenvalue weighted by molar-refractivity contribution is 7.92. The van der Waals surface area contributed by atoms with Gasteiger partial charge in [0.25, 0.3) is 15.9 Å². The van der Waals surface area contributed by atoms with E-state index in [0.717, 1.165) is 15.4 Å². The fourth-order valence-corrected chi connectivity index (χ4v) is 5.07. The molecule has 0 atom stereocenters. The maximum Gasteiger partial charge on any atom is 0.264 e. The van der Waals surface area contributed by atoms with Crippen molar-refractivity contribution in [3.05, 3.63) is 120 Å². The highest BCUT2D eigenvalue weighted by Gasteiger charge is 2.27. The van der Waals surface area contributed by atoms with Gasteiger partial charge in [0.1, 0.15) is 24.7 Å². The number of nitrogens with zero attached hydrogens (tertiary/aromatic N) is 2. The van der Waals surface area contributed by atoms with Crippen molar-refractivity contribution >= 4 is 27.8 Å². The molecule has 4 rings (SSSR count). The molecule has 0 saturated carbocycles. The molecule has 0 radical (unpaired) electrons. The highest BCUT2D eigenvalue weighted by Crippen LogP contribution is 2.25. The van der Waals surface area contributed by atoms with E-state index in [1.165, 1.54) is 31.0 Å². The molecule has 1 amide bonds. The third kappa shape index (κ3) is 7.45. The zero-order valence-electron chi connectivity index (χ0n) is 21.7. The van der Waals surface area contributed by atoms with Crippen LogP contribution in [0.25, 0.3) is 0 Å². The van der Waals surface area contributed by atoms with E-state index in [2.05, 4.69) is 10.5 Å². The molecule has 0 aliphatic heterocycles. The highest BCUT2D eigenvalue weighted by atomic mass is 32.2. The summed E-state index contributed by atoms with van der Waals surface area (Å²) in [5, 5.41) is 4.00. The number of methoxy groups -OCH3 is 1. The normalized spacial score (nSPS) is 11.2. The standard InChI is InChI=1S/C30H29N3O5S/c1-23-8-10-25(11-9-23)22-38-28-16-12-24(13-17-28)20-31-32-30(34)21-33(26-14-18-27(37-2)19-15-26)39(35,36)29-6-4-3-5-7-29/h3-20H,21-22H2,1-2H3,(H,32,34)/b31-20+. The van der Waals surface area contributed by atoms with Gasteiger partial charge in [-0.05, 0) is 78.7 Å². The summed E-state index contributed by atoms with van der Waals surface area (Å²) < 4.78 is 38.8. The number of aryl methyl sites for hydroxylation is 1. The smallest absolute Gasteiger partial charge is 0.264 e. The Morgan fingerprint density at radius 3 is 2.15 bits per heavy atom. The van der Waals surface area contributed by atoms with E-state index >= 15 is 0 Å². The van der Waals surface area contributed by atoms with Crippen molar-refractivity contribution in [2.45, 2.75) is 18.4 Å². The number of carbonyl (C=O) groups excluding carboxylic acids is 1. The SMILES string of the molecule is COc1ccc(N(CC(=O)N/N=C/c2ccc(OCc3ccc(C)cc3)cc2)S(=O)(=O)c2ccccc2)cc1. The van der Waals surface area contributed by atoms with Gasteiger partial charge in [-0.25, -0.2) is 13.8 Å². The van der Waals surface area contributed by atoms with Crippen LogP contribution < -0.4 is 19.2 Å². The molecule has 1 N–H and O–H groups in total. The first kappa shape index (κ1) is 27.4. The molecule has 0 unspecified atom stereocenters. The minimum atomic E-state index is -4.01. The molecule has 4 aromatic carbocycles. The number of anilines is 1. The van der Waals surface area contributed by atoms with Crippen LogP contribution in [0.2, 0.25) is 0 Å². The molecular weight excluding hydrogens is 514 g/mol. The average Bonchev–Trinajstić information content (AvgIpc) is 2.97. The van der Waals surface area contributed by atoms with Gasteiger partial charge in [0.15, 0.2) is 0 Å². The lowest BCUT2D eigenvalue weighted by molar-refractivity contribution is -0.119. The van der Waals surface area contributed by atoms with Crippen LogP contribution in [-0.4, -0.2) is 34.2 Å². The van der Waals surface area contributed by atoms with Crippen molar-refractivity contribution < 1.29 is 22.7 Å². The number of carbonyl (C=O) groups is 1. The van der Waals surface area contributed by atoms with Crippen molar-refractivity contribution in [1.82, 2.24) is 5.43 Å². The molecule has 0 fully saturated rings. The summed E-state index contributed by atoms with van der Waals surface area (Å²) in [6.45, 7) is 2.03. The number of rotatable bonds is 11. The lowest BCUT2D eigenvalue weighted by Gasteiger charge is -2.23. The Hall–Kier alpha value is -4.63. The van der Waals surface area contributed by atoms with Gasteiger partial charge in [-0.15, -0.1) is 0 Å². The number of hydrogen-bond acceptors (Lipinski definition) is 6. The summed E-state index contributed by atoms with van der Waals surface area (Å²) in [5.41, 5.74) is 5.74. The molecule has 200 valence electrons. The first-order valence-corrected chi connectivity index (χ1v) is 13.6. The third-order valence-corrected chi connectivity index (χ3v) is 7.58. The summed E-state index contributed by atoms with van der Waals surface area (Å²) in [7, 11) is -2.49. The second kappa shape index (κ2) is 12.7. The van der Waals surface area contributed by atoms with Crippen LogP contribution in [0, 0.1) is 6.92 Å². The topological polar surface area (TPSA) is 97.3 Å². The largest absolute Gasteiger partial charge is 0.497 e. The molecule has 8 nitrogen and oxygen atoms in total. The van der Waals surface area contributed by atoms with Crippen molar-refractivity contribution in [3.8, 4) is 11.5 Å². The van der Waals surface area contributed by atoms with Crippen LogP contribution in [-0.2, 0) is 21.4 Å². The molecule has 0 bridgehead atoms. The van der Waals surface area contributed by atoms with Crippen molar-refractivity contribution in [3.63, 3.8) is 0 Å². The van der Waals surface area contributed by atoms with Gasteiger partial charge < -0.3 is 9.47 Å². The predicted octanol–water partition coefficient (Wildman–Crippen LogP) is 4.93. The number of amides is 1. The van der Waals surface area contributed by atoms with Gasteiger partial charge in [0.05, 0.1) is 23.9 Å². The number of nitrogens with one attached hydrogen (secondary N) is 1. The van der Waals surface area contributed by atoms with E-state index in [4.69, 9.17) is 9.47 Å². The molecule has 0 spiro atoms. The first-order valence-electron chi connectivity index (χ1n) is 12.2. The number of benzene rings is 4. The van der Waals surface area contributed by atoms with Gasteiger partial charge in [-0.1, -0.05) is 48.0 Å². The molecule has 0 aliphatic carbocycles. The van der Waals surface area contributed by atoms with Crippen molar-refractivity contribution in [2.75, 3.05) is 18.0 Å². The minimum absolute atomic E-state index is 0.0711. The Bertz CT molecular complexity index is 1500. The molecule has 0 saturated heterocycles. The van der Waals surface area contributed by atoms with Crippen LogP contribution in [0.5, 0.6) is 11.5 Å². The number of hydrogen-bond donors (Lipinski definition) is 1. The van der Waals surface area contributed by atoms with Crippen molar-refractivity contribution in [1.29, 1.82) is 0 Å². The second-order valence-electron chi connectivity index (χ2n) is 8.66. The van der Waals surface area contributed by atoms with Gasteiger partial charge in [-0.3, -0.25) is 9.10 Å². The molecule has 4 aromatic rings. The summed E-state index contributed by atoms with van der Waals surface area (Å²) in [6, 6.07) is 29.8. The van der Waals surface area contributed by atoms with Crippen LogP contribution in [0.3, 0.4) is 0 Å². The zero-order chi connectivity index (χ0) is 27.7. The molecule has 9 heteroatoms. The van der Waals surface area contributed by atoms with E-state index in [-0.39, 0.29) is 4.90 Å². The van der Waals surface area contributed by atoms with Gasteiger partial charge >= 0.3 is 0 Å². The summed E-state index contributed by atoms with van der Waals surface area (Å²) in [5.74, 6) is 0.675. The number of ether oxygens (including phenoxy) is 2. The fraction of sp³-hybridized carbons (Fsp3) is 0.133. The Morgan fingerprint density at radius 1 is 0.872 bits per heavy atom. The second-order valence-corrected chi connectivity index (χ2v) is 10.5. The van der Waals surface area contributed by atoms with Crippen LogP contribution >= 0.6 is 0 Å². The first-order chi connectivity index (χ1) is 18.8. The van der Waals surface area contributed by atoms with E-state index < -0.39 is 22.5 Å². The maximum absolute atomic E-state index is 13.4. The zero-order valence-corrected chi connectivity index (χ0v) is 22.5. The lowest BCUT2D eigenvalue weighted by atomic mass is 10.2. The summed E-state index contributed by atoms with van der Waals surface area (Å²) >= 11 is 0. The summed E-state index contributed by atoms with van der Waals surface area (Å²) in [6.07, 6.45) is 1.48. The molecule has 0 aromatic heterocycles. The molecule has 0 aliphatic rings. The fourth-order valence-electron chi connectivity index (χ4n) is 3.63. The van der Waals surface area contributed by atoms with Gasteiger partial charge in [-0.2, -0.15) is 5.10 Å². The number of sulfonamides is 1. The predicted molar refractivity (Wildman–Crippen MR) is 152 cm³/mol. The minimum Gasteiger partial charge on any atom is -0.497 e. The Labute approximate surface area is 228 Å². The van der Waals surface area contributed by atoms with Gasteiger partial charge in [0, 0.05) is 0 Å². The quantitative estimate of drug-likeness (QED) is 0.214. The maximum atomic E-state index is 13.4. The van der Waals surface area contributed by atoms with Crippen LogP contribution in [0.4, 0.5) is 5.69 Å². The lowest BCUT2D eigenvalue weighted by Crippen LogP contribution is -2.39. The van der Waals surface area contributed by atoms with E-state index in [0.29, 0.717) is 23.8 Å². The molecule has 0 heterocycles. The van der Waals surface area contributed by atoms with Gasteiger partial charge in [0.2, 0.25) is 0 Å². The number of hydrazone groups is 1. The third-order valence-electron chi connectivity index (χ3n) is 5.79. The Morgan fingerprint density at radius 2 is 1.51 bits per heavy atom. The monoisotopic (exact) mass is 543 g/mol. The molecule has 39 heavy (non-hydrogen) atoms. The van der Waals surface area contributed by atoms with Crippen molar-refractivity contribution in [2.24, 2.45) is 5.10 Å². The van der Waals surface area contributed by atoms with Crippen LogP contribution in [0.1, 0.15) is 16.7 Å². The molecular formula is C30H29N3O5S. The Kier molecular flexibility index (Phi) is 8.96. The average molecular weight is 544 g/mol. The Balaban J connectivity index is 1.39. The van der Waals surface area contributed by atoms with E-state index in [1.807, 2.05) is 55.5 Å².